The average Bonchev–Trinajstić information content (AvgIpc) is 1.71. The second-order valence-electron chi connectivity index (χ2n) is 31.2. The Bertz CT molecular complexity index is 3710. The second-order valence-corrected chi connectivity index (χ2v) is 34.2. The van der Waals surface area contributed by atoms with Gasteiger partial charge in [-0.05, 0) is 328 Å². The molecule has 0 aromatic heterocycles. The standard InChI is InChI=1S/C23H28OS2.C22H22OS.C20H26O3.C19H24O.2H2O/c1-3-12-25-13-14-26-17-5-7-18-16(15-17)4-6-20-19(18)10-11-23(2)21(20)8-9-22(23)24;1-3-4-13-24-16-6-8-17-15(14-16)5-7-19-18(17)11-12-22(2)20(19)9-10-21(22)23;1-20-9-8-16-15-5-3-14(23-11-10-21)12-13(15)2-4-17(16)18(20)6-7-19(20)22;1-12-3-5-14-13(11-12)4-6-16-15(14)9-10-19(2)17(16)7-8-18(19)20;;/h5,7,15,19-21H,4,6,8-11,13-14H2,1-2H3;1,6,8,14,18-20H,5,7,9-12H2,2H3;3,5,12,16-18,21H,2,4,6-11H2,1H3;3,5,11,15-17H,4,6-10H2,1-2H3;2*1H2/t19?,20?,21?,23-;18?,19?,20?,22-;16?,17?,18?,20-;15?,16?,17?,19-;;/m0000../s1. The van der Waals surface area contributed by atoms with Crippen molar-refractivity contribution in [3.63, 3.8) is 0 Å². The molecule has 0 radical (unpaired) electrons. The van der Waals surface area contributed by atoms with Crippen molar-refractivity contribution in [1.82, 2.24) is 0 Å². The summed E-state index contributed by atoms with van der Waals surface area (Å²) in [6.45, 7) is 13.5. The highest BCUT2D eigenvalue weighted by Gasteiger charge is 2.58. The molecule has 8 saturated carbocycles. The van der Waals surface area contributed by atoms with Crippen LogP contribution in [0.1, 0.15) is 237 Å². The fraction of sp³-hybridized carbons (Fsp3) is 0.595. The molecule has 5 N–H and O–H groups in total. The van der Waals surface area contributed by atoms with Gasteiger partial charge < -0.3 is 20.8 Å². The Labute approximate surface area is 580 Å². The molecule has 0 spiro atoms. The fourth-order valence-corrected chi connectivity index (χ4v) is 24.4. The van der Waals surface area contributed by atoms with E-state index in [0.29, 0.717) is 83.0 Å². The van der Waals surface area contributed by atoms with E-state index in [1.807, 2.05) is 24.8 Å². The lowest BCUT2D eigenvalue weighted by Gasteiger charge is -2.48. The van der Waals surface area contributed by atoms with Gasteiger partial charge in [0.15, 0.2) is 0 Å². The first-order valence-electron chi connectivity index (χ1n) is 36.1. The molecule has 16 atom stereocenters. The predicted octanol–water partition coefficient (Wildman–Crippen LogP) is 17.0. The molecule has 0 aliphatic heterocycles. The number of carbonyl (C=O) groups excluding carboxylic acids is 4. The normalized spacial score (nSPS) is 34.1. The van der Waals surface area contributed by atoms with E-state index in [2.05, 4.69) is 130 Å². The van der Waals surface area contributed by atoms with Crippen LogP contribution in [-0.2, 0) is 44.9 Å². The van der Waals surface area contributed by atoms with E-state index in [-0.39, 0.29) is 39.2 Å². The highest BCUT2D eigenvalue weighted by molar-refractivity contribution is 8.05. The van der Waals surface area contributed by atoms with Crippen LogP contribution in [0.2, 0.25) is 0 Å². The van der Waals surface area contributed by atoms with E-state index in [1.54, 1.807) is 34.0 Å². The number of ether oxygens (including phenoxy) is 1. The summed E-state index contributed by atoms with van der Waals surface area (Å²) in [5, 5.41) is 14.9. The Balaban J connectivity index is 0.000000128. The van der Waals surface area contributed by atoms with E-state index in [0.717, 1.165) is 131 Å². The van der Waals surface area contributed by atoms with Crippen molar-refractivity contribution in [2.75, 3.05) is 24.7 Å². The molecule has 0 amide bonds. The van der Waals surface area contributed by atoms with Gasteiger partial charge in [0, 0.05) is 68.6 Å². The summed E-state index contributed by atoms with van der Waals surface area (Å²) in [7, 11) is 0. The molecule has 11 heteroatoms. The molecule has 4 aromatic carbocycles. The molecule has 506 valence electrons. The third kappa shape index (κ3) is 13.5. The molecular formula is C84H104O8S3. The van der Waals surface area contributed by atoms with Gasteiger partial charge in [-0.25, -0.2) is 0 Å². The van der Waals surface area contributed by atoms with Gasteiger partial charge in [0.2, 0.25) is 0 Å². The Morgan fingerprint density at radius 2 is 0.874 bits per heavy atom. The Hall–Kier alpha value is -5.03. The van der Waals surface area contributed by atoms with Gasteiger partial charge in [-0.1, -0.05) is 87.3 Å². The number of aryl methyl sites for hydroxylation is 5. The van der Waals surface area contributed by atoms with Crippen LogP contribution in [0.25, 0.3) is 0 Å². The molecule has 12 unspecified atom stereocenters. The van der Waals surface area contributed by atoms with Gasteiger partial charge in [0.1, 0.15) is 35.5 Å². The largest absolute Gasteiger partial charge is 0.491 e. The number of ketones is 4. The van der Waals surface area contributed by atoms with Crippen LogP contribution in [0, 0.1) is 111 Å². The first-order chi connectivity index (χ1) is 45.0. The Morgan fingerprint density at radius 3 is 1.29 bits per heavy atom. The van der Waals surface area contributed by atoms with Crippen LogP contribution in [0.4, 0.5) is 0 Å². The van der Waals surface area contributed by atoms with Gasteiger partial charge in [-0.15, -0.1) is 18.2 Å². The van der Waals surface area contributed by atoms with E-state index >= 15 is 0 Å². The molecule has 0 saturated heterocycles. The van der Waals surface area contributed by atoms with E-state index < -0.39 is 0 Å². The lowest BCUT2D eigenvalue weighted by Crippen LogP contribution is -2.42. The summed E-state index contributed by atoms with van der Waals surface area (Å²) < 4.78 is 5.56. The maximum atomic E-state index is 12.4. The monoisotopic (exact) mass is 1340 g/mol. The third-order valence-corrected chi connectivity index (χ3v) is 29.8. The number of aliphatic hydroxyl groups excluding tert-OH is 1. The number of rotatable bonds is 8. The number of terminal acetylenes is 1. The molecule has 0 bridgehead atoms. The van der Waals surface area contributed by atoms with Crippen LogP contribution in [-0.4, -0.2) is 63.9 Å². The molecule has 4 aromatic rings. The maximum absolute atomic E-state index is 12.4. The smallest absolute Gasteiger partial charge is 0.139 e. The summed E-state index contributed by atoms with van der Waals surface area (Å²) in [6, 6.07) is 27.5. The van der Waals surface area contributed by atoms with E-state index in [1.165, 1.54) is 107 Å². The highest BCUT2D eigenvalue weighted by atomic mass is 32.2. The minimum absolute atomic E-state index is 0. The molecule has 8 nitrogen and oxygen atoms in total. The van der Waals surface area contributed by atoms with Crippen LogP contribution >= 0.6 is 35.3 Å². The SMILES string of the molecule is C#CC#CSc1ccc2c(c1)CCC1C2CC[C@]2(C)C(=O)CCC12.CC#CSCCSc1ccc2c(c1)CCC1C2CC[C@]2(C)C(=O)CCC12.C[C@]12CCC3c4ccc(OCCO)cc4CCC3C1CCC2=O.Cc1ccc2c(c1)CCC1C2CC[C@]2(C)C(=O)CCC12.O.O. The first-order valence-corrected chi connectivity index (χ1v) is 38.9. The minimum Gasteiger partial charge on any atom is -0.491 e. The quantitative estimate of drug-likeness (QED) is 0.103. The molecule has 95 heavy (non-hydrogen) atoms. The zero-order chi connectivity index (χ0) is 64.8. The van der Waals surface area contributed by atoms with Gasteiger partial charge in [-0.2, -0.15) is 0 Å². The summed E-state index contributed by atoms with van der Waals surface area (Å²) >= 11 is 5.18. The molecule has 12 aliphatic rings. The van der Waals surface area contributed by atoms with Gasteiger partial charge in [-0.3, -0.25) is 19.2 Å². The van der Waals surface area contributed by atoms with Crippen LogP contribution < -0.4 is 4.74 Å². The maximum Gasteiger partial charge on any atom is 0.139 e. The topological polar surface area (TPSA) is 161 Å². The van der Waals surface area contributed by atoms with Crippen molar-refractivity contribution in [3.8, 4) is 40.4 Å². The minimum atomic E-state index is -0.0388. The number of thioether (sulfide) groups is 3. The number of Topliss-reactive ketones (excluding diaryl/α,β-unsaturated/α-hetero) is 4. The van der Waals surface area contributed by atoms with Crippen molar-refractivity contribution in [2.45, 2.75) is 229 Å². The first kappa shape index (κ1) is 71.3. The predicted molar refractivity (Wildman–Crippen MR) is 388 cm³/mol. The number of benzene rings is 4. The van der Waals surface area contributed by atoms with E-state index in [4.69, 9.17) is 16.3 Å². The number of carbonyl (C=O) groups is 4. The third-order valence-electron chi connectivity index (χ3n) is 27.1. The number of aliphatic hydroxyl groups is 1. The molecule has 12 aliphatic carbocycles. The summed E-state index contributed by atoms with van der Waals surface area (Å²) in [4.78, 5) is 52.1. The van der Waals surface area contributed by atoms with Crippen molar-refractivity contribution in [2.24, 2.45) is 69.0 Å². The summed E-state index contributed by atoms with van der Waals surface area (Å²) in [5.74, 6) is 21.2. The fourth-order valence-electron chi connectivity index (χ4n) is 22.3. The summed E-state index contributed by atoms with van der Waals surface area (Å²) in [6.07, 6.45) is 31.7. The lowest BCUT2D eigenvalue weighted by molar-refractivity contribution is -0.130. The average molecular weight is 1340 g/mol. The zero-order valence-electron chi connectivity index (χ0n) is 57.4. The van der Waals surface area contributed by atoms with Gasteiger partial charge in [0.25, 0.3) is 0 Å². The molecule has 16 rings (SSSR count). The van der Waals surface area contributed by atoms with Gasteiger partial charge >= 0.3 is 0 Å². The lowest BCUT2D eigenvalue weighted by atomic mass is 9.55. The van der Waals surface area contributed by atoms with Crippen molar-refractivity contribution < 1.29 is 40.0 Å². The zero-order valence-corrected chi connectivity index (χ0v) is 59.9. The van der Waals surface area contributed by atoms with Crippen LogP contribution in [0.5, 0.6) is 5.75 Å². The van der Waals surface area contributed by atoms with Crippen LogP contribution in [0.15, 0.2) is 82.6 Å². The van der Waals surface area contributed by atoms with Crippen molar-refractivity contribution in [1.29, 1.82) is 0 Å². The highest BCUT2D eigenvalue weighted by Crippen LogP contribution is 2.64. The number of fused-ring (bicyclic) bond motifs is 20. The Morgan fingerprint density at radius 1 is 0.484 bits per heavy atom. The van der Waals surface area contributed by atoms with Crippen molar-refractivity contribution >= 4 is 58.4 Å². The van der Waals surface area contributed by atoms with Crippen molar-refractivity contribution in [3.05, 3.63) is 123 Å². The van der Waals surface area contributed by atoms with Gasteiger partial charge in [0.05, 0.1) is 6.61 Å². The number of hydrogen-bond donors (Lipinski definition) is 1. The van der Waals surface area contributed by atoms with Crippen LogP contribution in [0.3, 0.4) is 0 Å². The Kier molecular flexibility index (Phi) is 22.4. The molecule has 0 heterocycles. The van der Waals surface area contributed by atoms with E-state index in [9.17, 15) is 19.2 Å². The molecular weight excluding hydrogens is 1230 g/mol. The number of hydrogen-bond acceptors (Lipinski definition) is 9. The molecule has 8 fully saturated rings. The second kappa shape index (κ2) is 29.8. The summed E-state index contributed by atoms with van der Waals surface area (Å²) in [5.41, 5.74) is 13.6.